The number of aromatic nitrogens is 5. The number of rotatable bonds is 7. The third-order valence-corrected chi connectivity index (χ3v) is 5.45. The number of hydrogen-bond donors (Lipinski definition) is 1. The first-order valence-electron chi connectivity index (χ1n) is 10.0. The Morgan fingerprint density at radius 3 is 2.83 bits per heavy atom. The molecule has 0 spiro atoms. The van der Waals surface area contributed by atoms with Crippen molar-refractivity contribution in [2.75, 3.05) is 6.54 Å². The molecule has 0 radical (unpaired) electrons. The van der Waals surface area contributed by atoms with Gasteiger partial charge in [0.25, 0.3) is 5.91 Å². The number of amides is 1. The van der Waals surface area contributed by atoms with Crippen LogP contribution in [0.5, 0.6) is 0 Å². The van der Waals surface area contributed by atoms with Crippen LogP contribution in [0.2, 0.25) is 0 Å². The van der Waals surface area contributed by atoms with Crippen molar-refractivity contribution >= 4 is 5.91 Å². The molecule has 8 nitrogen and oxygen atoms in total. The summed E-state index contributed by atoms with van der Waals surface area (Å²) in [4.78, 5) is 14.8. The fraction of sp³-hybridized carbons (Fsp3) is 0.429. The van der Waals surface area contributed by atoms with Crippen molar-refractivity contribution in [1.82, 2.24) is 35.0 Å². The minimum Gasteiger partial charge on any atom is -0.347 e. The number of benzene rings is 1. The molecule has 0 bridgehead atoms. The van der Waals surface area contributed by atoms with E-state index < -0.39 is 0 Å². The Bertz CT molecular complexity index is 963. The second-order valence-corrected chi connectivity index (χ2v) is 7.67. The predicted octanol–water partition coefficient (Wildman–Crippen LogP) is 1.91. The fourth-order valence-corrected chi connectivity index (χ4v) is 3.91. The van der Waals surface area contributed by atoms with Crippen LogP contribution in [0.15, 0.2) is 42.7 Å². The SMILES string of the molecule is Cc1nn(C)cc1CN1CCC[C@H]1Cn1cc(C(=O)NCc2ccccc2)nn1. The molecule has 3 heterocycles. The highest BCUT2D eigenvalue weighted by Crippen LogP contribution is 2.22. The van der Waals surface area contributed by atoms with Crippen LogP contribution in [0.3, 0.4) is 0 Å². The van der Waals surface area contributed by atoms with Crippen LogP contribution >= 0.6 is 0 Å². The van der Waals surface area contributed by atoms with Crippen LogP contribution in [-0.2, 0) is 26.7 Å². The molecule has 152 valence electrons. The number of carbonyl (C=O) groups excluding carboxylic acids is 1. The minimum atomic E-state index is -0.200. The number of nitrogens with one attached hydrogen (secondary N) is 1. The van der Waals surface area contributed by atoms with Crippen molar-refractivity contribution in [3.8, 4) is 0 Å². The molecular formula is C21H27N7O. The quantitative estimate of drug-likeness (QED) is 0.663. The van der Waals surface area contributed by atoms with Gasteiger partial charge in [-0.3, -0.25) is 19.1 Å². The molecule has 1 atom stereocenters. The van der Waals surface area contributed by atoms with Crippen LogP contribution in [-0.4, -0.2) is 48.2 Å². The van der Waals surface area contributed by atoms with Gasteiger partial charge in [0, 0.05) is 37.9 Å². The predicted molar refractivity (Wildman–Crippen MR) is 109 cm³/mol. The van der Waals surface area contributed by atoms with E-state index in [9.17, 15) is 4.79 Å². The molecule has 1 aliphatic rings. The topological polar surface area (TPSA) is 80.9 Å². The van der Waals surface area contributed by atoms with Crippen molar-refractivity contribution in [2.24, 2.45) is 7.05 Å². The lowest BCUT2D eigenvalue weighted by atomic mass is 10.2. The number of carbonyl (C=O) groups is 1. The van der Waals surface area contributed by atoms with Gasteiger partial charge in [-0.05, 0) is 31.9 Å². The standard InChI is InChI=1S/C21H27N7O/c1-16-18(12-26(2)24-16)13-27-10-6-9-19(27)14-28-15-20(23-25-28)21(29)22-11-17-7-4-3-5-8-17/h3-5,7-8,12,15,19H,6,9-11,13-14H2,1-2H3,(H,22,29)/t19-/m0/s1. The van der Waals surface area contributed by atoms with Gasteiger partial charge in [0.2, 0.25) is 0 Å². The third-order valence-electron chi connectivity index (χ3n) is 5.45. The van der Waals surface area contributed by atoms with E-state index in [2.05, 4.69) is 38.7 Å². The van der Waals surface area contributed by atoms with Crippen LogP contribution in [0.4, 0.5) is 0 Å². The van der Waals surface area contributed by atoms with Gasteiger partial charge in [-0.2, -0.15) is 5.10 Å². The van der Waals surface area contributed by atoms with Crippen LogP contribution < -0.4 is 5.32 Å². The second kappa shape index (κ2) is 8.57. The van der Waals surface area contributed by atoms with Crippen molar-refractivity contribution in [2.45, 2.75) is 45.4 Å². The number of likely N-dealkylation sites (tertiary alicyclic amines) is 1. The van der Waals surface area contributed by atoms with E-state index >= 15 is 0 Å². The van der Waals surface area contributed by atoms with Gasteiger partial charge in [-0.15, -0.1) is 5.10 Å². The van der Waals surface area contributed by atoms with Crippen LogP contribution in [0.1, 0.15) is 40.2 Å². The summed E-state index contributed by atoms with van der Waals surface area (Å²) in [5, 5.41) is 15.6. The highest BCUT2D eigenvalue weighted by molar-refractivity contribution is 5.91. The summed E-state index contributed by atoms with van der Waals surface area (Å²) in [5.74, 6) is -0.200. The Kier molecular flexibility index (Phi) is 5.71. The molecule has 1 amide bonds. The minimum absolute atomic E-state index is 0.200. The Balaban J connectivity index is 1.34. The number of hydrogen-bond acceptors (Lipinski definition) is 5. The monoisotopic (exact) mass is 393 g/mol. The maximum Gasteiger partial charge on any atom is 0.273 e. The van der Waals surface area contributed by atoms with Gasteiger partial charge in [0.05, 0.1) is 18.4 Å². The lowest BCUT2D eigenvalue weighted by molar-refractivity contribution is 0.0946. The molecular weight excluding hydrogens is 366 g/mol. The molecule has 1 aliphatic heterocycles. The van der Waals surface area contributed by atoms with Gasteiger partial charge in [-0.1, -0.05) is 35.5 Å². The Morgan fingerprint density at radius 2 is 2.07 bits per heavy atom. The molecule has 3 aromatic rings. The maximum absolute atomic E-state index is 12.4. The molecule has 1 N–H and O–H groups in total. The number of aryl methyl sites for hydroxylation is 2. The summed E-state index contributed by atoms with van der Waals surface area (Å²) in [7, 11) is 1.96. The Labute approximate surface area is 170 Å². The van der Waals surface area contributed by atoms with Crippen molar-refractivity contribution in [3.63, 3.8) is 0 Å². The highest BCUT2D eigenvalue weighted by atomic mass is 16.2. The second-order valence-electron chi connectivity index (χ2n) is 7.67. The van der Waals surface area contributed by atoms with Gasteiger partial charge >= 0.3 is 0 Å². The summed E-state index contributed by atoms with van der Waals surface area (Å²) in [6.45, 7) is 5.23. The molecule has 0 unspecified atom stereocenters. The molecule has 29 heavy (non-hydrogen) atoms. The fourth-order valence-electron chi connectivity index (χ4n) is 3.91. The van der Waals surface area contributed by atoms with Gasteiger partial charge < -0.3 is 5.32 Å². The van der Waals surface area contributed by atoms with Gasteiger partial charge in [-0.25, -0.2) is 0 Å². The van der Waals surface area contributed by atoms with E-state index in [0.29, 0.717) is 18.3 Å². The largest absolute Gasteiger partial charge is 0.347 e. The first kappa shape index (κ1) is 19.3. The van der Waals surface area contributed by atoms with E-state index in [1.807, 2.05) is 42.1 Å². The van der Waals surface area contributed by atoms with Gasteiger partial charge in [0.1, 0.15) is 0 Å². The molecule has 2 aromatic heterocycles. The summed E-state index contributed by atoms with van der Waals surface area (Å²) in [5.41, 5.74) is 3.75. The molecule has 1 aromatic carbocycles. The molecule has 8 heteroatoms. The van der Waals surface area contributed by atoms with Crippen LogP contribution in [0.25, 0.3) is 0 Å². The molecule has 0 saturated carbocycles. The van der Waals surface area contributed by atoms with Crippen molar-refractivity contribution in [3.05, 3.63) is 65.2 Å². The lowest BCUT2D eigenvalue weighted by Crippen LogP contribution is -2.32. The summed E-state index contributed by atoms with van der Waals surface area (Å²) >= 11 is 0. The molecule has 4 rings (SSSR count). The summed E-state index contributed by atoms with van der Waals surface area (Å²) in [6.07, 6.45) is 6.12. The summed E-state index contributed by atoms with van der Waals surface area (Å²) < 4.78 is 3.66. The number of nitrogens with zero attached hydrogens (tertiary/aromatic N) is 6. The third kappa shape index (κ3) is 4.71. The maximum atomic E-state index is 12.4. The molecule has 1 saturated heterocycles. The zero-order valence-corrected chi connectivity index (χ0v) is 17.0. The zero-order chi connectivity index (χ0) is 20.2. The Morgan fingerprint density at radius 1 is 1.24 bits per heavy atom. The van der Waals surface area contributed by atoms with Crippen molar-refractivity contribution in [1.29, 1.82) is 0 Å². The average molecular weight is 393 g/mol. The van der Waals surface area contributed by atoms with E-state index in [1.54, 1.807) is 10.9 Å². The smallest absolute Gasteiger partial charge is 0.273 e. The highest BCUT2D eigenvalue weighted by Gasteiger charge is 2.26. The average Bonchev–Trinajstić information content (AvgIpc) is 3.43. The van der Waals surface area contributed by atoms with Gasteiger partial charge in [0.15, 0.2) is 5.69 Å². The first-order chi connectivity index (χ1) is 14.1. The van der Waals surface area contributed by atoms with Crippen molar-refractivity contribution < 1.29 is 4.79 Å². The molecule has 1 fully saturated rings. The van der Waals surface area contributed by atoms with E-state index in [4.69, 9.17) is 0 Å². The molecule has 0 aliphatic carbocycles. The normalized spacial score (nSPS) is 17.0. The lowest BCUT2D eigenvalue weighted by Gasteiger charge is -2.23. The van der Waals surface area contributed by atoms with E-state index in [1.165, 1.54) is 12.0 Å². The van der Waals surface area contributed by atoms with E-state index in [0.717, 1.165) is 37.3 Å². The Hall–Kier alpha value is -3.00. The zero-order valence-electron chi connectivity index (χ0n) is 17.0. The van der Waals surface area contributed by atoms with E-state index in [-0.39, 0.29) is 5.91 Å². The van der Waals surface area contributed by atoms with Crippen LogP contribution in [0, 0.1) is 6.92 Å². The first-order valence-corrected chi connectivity index (χ1v) is 10.0. The summed E-state index contributed by atoms with van der Waals surface area (Å²) in [6, 6.07) is 10.2.